The highest BCUT2D eigenvalue weighted by Crippen LogP contribution is 2.43. The first-order valence-corrected chi connectivity index (χ1v) is 11.1. The van der Waals surface area contributed by atoms with E-state index in [4.69, 9.17) is 12.2 Å². The zero-order valence-corrected chi connectivity index (χ0v) is 17.6. The van der Waals surface area contributed by atoms with Crippen LogP contribution < -0.4 is 5.32 Å². The van der Waals surface area contributed by atoms with Gasteiger partial charge in [-0.05, 0) is 67.5 Å². The lowest BCUT2D eigenvalue weighted by atomic mass is 9.92. The fourth-order valence-corrected chi connectivity index (χ4v) is 5.32. The molecule has 0 radical (unpaired) electrons. The Morgan fingerprint density at radius 3 is 2.63 bits per heavy atom. The highest BCUT2D eigenvalue weighted by atomic mass is 32.1. The van der Waals surface area contributed by atoms with Crippen molar-refractivity contribution in [2.24, 2.45) is 0 Å². The van der Waals surface area contributed by atoms with Gasteiger partial charge in [0.1, 0.15) is 5.82 Å². The van der Waals surface area contributed by atoms with Crippen molar-refractivity contribution in [2.45, 2.75) is 50.2 Å². The topological polar surface area (TPSA) is 33.1 Å². The molecule has 1 saturated carbocycles. The van der Waals surface area contributed by atoms with E-state index in [0.717, 1.165) is 35.0 Å². The fourth-order valence-electron chi connectivity index (χ4n) is 4.93. The molecule has 2 atom stereocenters. The first-order chi connectivity index (χ1) is 14.7. The molecule has 1 aliphatic heterocycles. The van der Waals surface area contributed by atoms with Crippen LogP contribution in [-0.4, -0.2) is 25.6 Å². The van der Waals surface area contributed by atoms with Crippen LogP contribution in [0.3, 0.4) is 0 Å². The van der Waals surface area contributed by atoms with Crippen LogP contribution >= 0.6 is 12.2 Å². The smallest absolute Gasteiger partial charge is 0.170 e. The molecule has 0 amide bonds. The number of hydrogen-bond acceptors (Lipinski definition) is 2. The minimum Gasteiger partial charge on any atom is -0.352 e. The van der Waals surface area contributed by atoms with E-state index in [1.165, 1.54) is 25.3 Å². The molecule has 0 spiro atoms. The molecule has 5 rings (SSSR count). The average Bonchev–Trinajstić information content (AvgIpc) is 3.39. The first-order valence-electron chi connectivity index (χ1n) is 10.7. The molecule has 2 aromatic heterocycles. The molecular weight excluding hydrogens is 395 g/mol. The van der Waals surface area contributed by atoms with Crippen LogP contribution in [0, 0.1) is 5.82 Å². The minimum atomic E-state index is -0.238. The number of halogens is 1. The van der Waals surface area contributed by atoms with E-state index in [-0.39, 0.29) is 17.9 Å². The number of pyridine rings is 1. The maximum atomic E-state index is 14.0. The van der Waals surface area contributed by atoms with Crippen molar-refractivity contribution in [3.63, 3.8) is 0 Å². The van der Waals surface area contributed by atoms with Crippen molar-refractivity contribution in [1.29, 1.82) is 0 Å². The third-order valence-corrected chi connectivity index (χ3v) is 6.60. The number of aromatic nitrogens is 2. The minimum absolute atomic E-state index is 0.00577. The summed E-state index contributed by atoms with van der Waals surface area (Å²) in [7, 11) is 0. The molecule has 2 aliphatic rings. The monoisotopic (exact) mass is 420 g/mol. The van der Waals surface area contributed by atoms with Crippen LogP contribution in [-0.2, 0) is 0 Å². The third-order valence-electron chi connectivity index (χ3n) is 6.27. The molecule has 30 heavy (non-hydrogen) atoms. The molecule has 0 unspecified atom stereocenters. The zero-order chi connectivity index (χ0) is 20.5. The van der Waals surface area contributed by atoms with Crippen LogP contribution in [0.5, 0.6) is 0 Å². The number of thiocarbonyl (C=S) groups is 1. The summed E-state index contributed by atoms with van der Waals surface area (Å²) in [5.74, 6) is -0.238. The van der Waals surface area contributed by atoms with Crippen molar-refractivity contribution >= 4 is 17.3 Å². The van der Waals surface area contributed by atoms with Gasteiger partial charge in [-0.1, -0.05) is 31.4 Å². The summed E-state index contributed by atoms with van der Waals surface area (Å²) in [5, 5.41) is 4.34. The fraction of sp³-hybridized carbons (Fsp3) is 0.333. The average molecular weight is 421 g/mol. The van der Waals surface area contributed by atoms with Crippen LogP contribution in [0.4, 0.5) is 4.39 Å². The Bertz CT molecular complexity index is 1030. The van der Waals surface area contributed by atoms with Gasteiger partial charge in [-0.3, -0.25) is 4.98 Å². The molecule has 0 bridgehead atoms. The van der Waals surface area contributed by atoms with Crippen molar-refractivity contribution in [2.75, 3.05) is 0 Å². The highest BCUT2D eigenvalue weighted by molar-refractivity contribution is 7.80. The van der Waals surface area contributed by atoms with Gasteiger partial charge in [0.25, 0.3) is 0 Å². The van der Waals surface area contributed by atoms with E-state index in [9.17, 15) is 4.39 Å². The molecule has 3 aromatic rings. The lowest BCUT2D eigenvalue weighted by molar-refractivity contribution is 0.193. The molecule has 1 aliphatic carbocycles. The number of hydrogen-bond donors (Lipinski definition) is 1. The van der Waals surface area contributed by atoms with E-state index >= 15 is 0 Å². The predicted octanol–water partition coefficient (Wildman–Crippen LogP) is 5.32. The molecule has 154 valence electrons. The van der Waals surface area contributed by atoms with Crippen LogP contribution in [0.1, 0.15) is 55.6 Å². The van der Waals surface area contributed by atoms with Gasteiger partial charge in [-0.2, -0.15) is 0 Å². The summed E-state index contributed by atoms with van der Waals surface area (Å²) in [6.07, 6.45) is 9.87. The van der Waals surface area contributed by atoms with Crippen molar-refractivity contribution in [1.82, 2.24) is 19.8 Å². The number of rotatable bonds is 4. The van der Waals surface area contributed by atoms with Crippen LogP contribution in [0.2, 0.25) is 0 Å². The van der Waals surface area contributed by atoms with E-state index in [1.54, 1.807) is 12.1 Å². The molecule has 6 heteroatoms. The highest BCUT2D eigenvalue weighted by Gasteiger charge is 2.44. The van der Waals surface area contributed by atoms with Gasteiger partial charge >= 0.3 is 0 Å². The summed E-state index contributed by atoms with van der Waals surface area (Å²) in [4.78, 5) is 7.02. The number of nitrogens with one attached hydrogen (secondary N) is 1. The summed E-state index contributed by atoms with van der Waals surface area (Å²) in [5.41, 5.74) is 2.88. The van der Waals surface area contributed by atoms with Gasteiger partial charge < -0.3 is 14.8 Å². The Hall–Kier alpha value is -2.73. The van der Waals surface area contributed by atoms with Crippen molar-refractivity contribution in [3.05, 3.63) is 84.2 Å². The van der Waals surface area contributed by atoms with Gasteiger partial charge in [0.15, 0.2) is 5.11 Å². The van der Waals surface area contributed by atoms with E-state index in [1.807, 2.05) is 42.7 Å². The molecule has 4 nitrogen and oxygen atoms in total. The standard InChI is InChI=1S/C24H25FN4S/c25-17-8-6-11-19(16-17)28-15-7-13-21(28)23-22(20-12-4-5-14-26-20)27-24(30)29(23)18-9-2-1-3-10-18/h4-8,11-16,18,22-23H,1-3,9-10H2,(H,27,30)/t22-,23+/m0/s1. The normalized spacial score (nSPS) is 22.3. The van der Waals surface area contributed by atoms with Crippen LogP contribution in [0.15, 0.2) is 67.0 Å². The Labute approximate surface area is 181 Å². The van der Waals surface area contributed by atoms with Crippen molar-refractivity contribution in [3.8, 4) is 5.69 Å². The summed E-state index contributed by atoms with van der Waals surface area (Å²) >= 11 is 5.85. The van der Waals surface area contributed by atoms with E-state index in [0.29, 0.717) is 6.04 Å². The summed E-state index contributed by atoms with van der Waals surface area (Å²) in [6.45, 7) is 0. The van der Waals surface area contributed by atoms with Gasteiger partial charge in [0, 0.05) is 29.8 Å². The number of nitrogens with zero attached hydrogens (tertiary/aromatic N) is 3. The molecule has 1 saturated heterocycles. The largest absolute Gasteiger partial charge is 0.352 e. The summed E-state index contributed by atoms with van der Waals surface area (Å²) < 4.78 is 16.1. The van der Waals surface area contributed by atoms with Gasteiger partial charge in [-0.25, -0.2) is 4.39 Å². The molecular formula is C24H25FN4S. The molecule has 2 fully saturated rings. The van der Waals surface area contributed by atoms with E-state index in [2.05, 4.69) is 25.8 Å². The summed E-state index contributed by atoms with van der Waals surface area (Å²) in [6, 6.07) is 17.2. The van der Waals surface area contributed by atoms with Gasteiger partial charge in [0.2, 0.25) is 0 Å². The van der Waals surface area contributed by atoms with Gasteiger partial charge in [-0.15, -0.1) is 0 Å². The quantitative estimate of drug-likeness (QED) is 0.580. The molecule has 1 aromatic carbocycles. The predicted molar refractivity (Wildman–Crippen MR) is 120 cm³/mol. The Kier molecular flexibility index (Phi) is 5.25. The van der Waals surface area contributed by atoms with Crippen LogP contribution in [0.25, 0.3) is 5.69 Å². The second-order valence-corrected chi connectivity index (χ2v) is 8.50. The lowest BCUT2D eigenvalue weighted by Crippen LogP contribution is -2.40. The second kappa shape index (κ2) is 8.19. The Morgan fingerprint density at radius 1 is 1.00 bits per heavy atom. The second-order valence-electron chi connectivity index (χ2n) is 8.11. The first kappa shape index (κ1) is 19.2. The Balaban J connectivity index is 1.61. The maximum Gasteiger partial charge on any atom is 0.170 e. The molecule has 1 N–H and O–H groups in total. The van der Waals surface area contributed by atoms with Crippen molar-refractivity contribution < 1.29 is 4.39 Å². The zero-order valence-electron chi connectivity index (χ0n) is 16.7. The maximum absolute atomic E-state index is 14.0. The van der Waals surface area contributed by atoms with Gasteiger partial charge in [0.05, 0.1) is 17.8 Å². The van der Waals surface area contributed by atoms with E-state index < -0.39 is 0 Å². The number of benzene rings is 1. The Morgan fingerprint density at radius 2 is 1.87 bits per heavy atom. The molecule has 3 heterocycles. The third kappa shape index (κ3) is 3.49. The lowest BCUT2D eigenvalue weighted by Gasteiger charge is -2.37. The SMILES string of the molecule is Fc1cccc(-n2cccc2[C@@H]2[C@H](c3ccccn3)NC(=S)N2C2CCCCC2)c1.